The van der Waals surface area contributed by atoms with Gasteiger partial charge in [0.2, 0.25) is 0 Å². The Kier molecular flexibility index (Phi) is 4.63. The molecule has 0 spiro atoms. The molecule has 0 atom stereocenters. The maximum atomic E-state index is 12.5. The topological polar surface area (TPSA) is 21.3 Å². The van der Waals surface area contributed by atoms with Gasteiger partial charge in [-0.1, -0.05) is 23.7 Å². The van der Waals surface area contributed by atoms with E-state index in [1.807, 2.05) is 0 Å². The Hall–Kier alpha value is -1.88. The molecule has 0 aliphatic heterocycles. The van der Waals surface area contributed by atoms with E-state index in [4.69, 9.17) is 16.3 Å². The Morgan fingerprint density at radius 1 is 1.10 bits per heavy atom. The quantitative estimate of drug-likeness (QED) is 0.859. The molecule has 0 aliphatic rings. The van der Waals surface area contributed by atoms with Crippen LogP contribution in [0.1, 0.15) is 11.1 Å². The van der Waals surface area contributed by atoms with Crippen molar-refractivity contribution in [2.75, 3.05) is 12.4 Å². The number of hydrogen-bond donors (Lipinski definition) is 1. The summed E-state index contributed by atoms with van der Waals surface area (Å²) in [4.78, 5) is 0. The van der Waals surface area contributed by atoms with E-state index >= 15 is 0 Å². The van der Waals surface area contributed by atoms with Gasteiger partial charge >= 0.3 is 6.18 Å². The normalized spacial score (nSPS) is 11.3. The Bertz CT molecular complexity index is 611. The molecule has 0 fully saturated rings. The number of nitrogens with one attached hydrogen (secondary N) is 1. The Morgan fingerprint density at radius 3 is 2.33 bits per heavy atom. The van der Waals surface area contributed by atoms with Gasteiger partial charge in [0, 0.05) is 12.6 Å². The van der Waals surface area contributed by atoms with Crippen LogP contribution in [0.25, 0.3) is 0 Å². The van der Waals surface area contributed by atoms with Gasteiger partial charge in [-0.25, -0.2) is 0 Å². The second kappa shape index (κ2) is 6.26. The molecule has 2 nitrogen and oxygen atoms in total. The van der Waals surface area contributed by atoms with Gasteiger partial charge in [0.15, 0.2) is 0 Å². The standard InChI is InChI=1S/C15H13ClF3NO/c1-21-12-6-7-13(16)14(8-12)20-9-10-2-4-11(5-3-10)15(17,18)19/h2-8,20H,9H2,1H3. The molecule has 0 heterocycles. The summed E-state index contributed by atoms with van der Waals surface area (Å²) in [5, 5.41) is 3.59. The van der Waals surface area contributed by atoms with Crippen LogP contribution in [0.3, 0.4) is 0 Å². The molecule has 0 unspecified atom stereocenters. The van der Waals surface area contributed by atoms with Crippen molar-refractivity contribution in [3.63, 3.8) is 0 Å². The minimum atomic E-state index is -4.32. The summed E-state index contributed by atoms with van der Waals surface area (Å²) in [6.07, 6.45) is -4.32. The lowest BCUT2D eigenvalue weighted by Gasteiger charge is -2.11. The van der Waals surface area contributed by atoms with Crippen molar-refractivity contribution in [3.05, 3.63) is 58.6 Å². The molecule has 0 amide bonds. The largest absolute Gasteiger partial charge is 0.497 e. The van der Waals surface area contributed by atoms with E-state index < -0.39 is 11.7 Å². The molecule has 0 aromatic heterocycles. The van der Waals surface area contributed by atoms with Crippen LogP contribution >= 0.6 is 11.6 Å². The van der Waals surface area contributed by atoms with Gasteiger partial charge in [0.25, 0.3) is 0 Å². The van der Waals surface area contributed by atoms with Crippen LogP contribution in [0.2, 0.25) is 5.02 Å². The zero-order valence-corrected chi connectivity index (χ0v) is 11.9. The minimum absolute atomic E-state index is 0.366. The number of hydrogen-bond acceptors (Lipinski definition) is 2. The third-order valence-corrected chi connectivity index (χ3v) is 3.27. The van der Waals surface area contributed by atoms with Gasteiger partial charge in [-0.2, -0.15) is 13.2 Å². The van der Waals surface area contributed by atoms with Gasteiger partial charge in [-0.3, -0.25) is 0 Å². The number of methoxy groups -OCH3 is 1. The van der Waals surface area contributed by atoms with Crippen molar-refractivity contribution < 1.29 is 17.9 Å². The lowest BCUT2D eigenvalue weighted by Crippen LogP contribution is -2.05. The van der Waals surface area contributed by atoms with E-state index in [0.29, 0.717) is 23.0 Å². The monoisotopic (exact) mass is 315 g/mol. The molecule has 2 aromatic carbocycles. The molecule has 0 radical (unpaired) electrons. The fraction of sp³-hybridized carbons (Fsp3) is 0.200. The summed E-state index contributed by atoms with van der Waals surface area (Å²) in [6.45, 7) is 0.366. The highest BCUT2D eigenvalue weighted by atomic mass is 35.5. The van der Waals surface area contributed by atoms with Gasteiger partial charge in [0.1, 0.15) is 5.75 Å². The first-order valence-electron chi connectivity index (χ1n) is 6.13. The predicted molar refractivity (Wildman–Crippen MR) is 76.8 cm³/mol. The Morgan fingerprint density at radius 2 is 1.76 bits per heavy atom. The van der Waals surface area contributed by atoms with Crippen LogP contribution in [0.15, 0.2) is 42.5 Å². The molecule has 6 heteroatoms. The van der Waals surface area contributed by atoms with Crippen LogP contribution in [-0.4, -0.2) is 7.11 Å². The fourth-order valence-corrected chi connectivity index (χ4v) is 1.96. The average Bonchev–Trinajstić information content (AvgIpc) is 2.46. The highest BCUT2D eigenvalue weighted by Crippen LogP contribution is 2.30. The molecule has 112 valence electrons. The van der Waals surface area contributed by atoms with Crippen LogP contribution in [0, 0.1) is 0 Å². The van der Waals surface area contributed by atoms with Crippen molar-refractivity contribution in [3.8, 4) is 5.75 Å². The van der Waals surface area contributed by atoms with Crippen molar-refractivity contribution in [2.45, 2.75) is 12.7 Å². The van der Waals surface area contributed by atoms with E-state index in [9.17, 15) is 13.2 Å². The number of alkyl halides is 3. The zero-order chi connectivity index (χ0) is 15.5. The van der Waals surface area contributed by atoms with Crippen molar-refractivity contribution in [1.29, 1.82) is 0 Å². The van der Waals surface area contributed by atoms with E-state index in [-0.39, 0.29) is 0 Å². The summed E-state index contributed by atoms with van der Waals surface area (Å²) in [7, 11) is 1.54. The van der Waals surface area contributed by atoms with Crippen molar-refractivity contribution >= 4 is 17.3 Å². The fourth-order valence-electron chi connectivity index (χ4n) is 1.78. The molecule has 1 N–H and O–H groups in total. The molecule has 0 saturated carbocycles. The molecule has 2 aromatic rings. The molecule has 21 heavy (non-hydrogen) atoms. The van der Waals surface area contributed by atoms with Crippen molar-refractivity contribution in [1.82, 2.24) is 0 Å². The molecule has 2 rings (SSSR count). The van der Waals surface area contributed by atoms with Crippen molar-refractivity contribution in [2.24, 2.45) is 0 Å². The molecular formula is C15H13ClF3NO. The second-order valence-corrected chi connectivity index (χ2v) is 4.80. The van der Waals surface area contributed by atoms with E-state index in [1.165, 1.54) is 12.1 Å². The van der Waals surface area contributed by atoms with Gasteiger partial charge < -0.3 is 10.1 Å². The molecule has 0 bridgehead atoms. The first-order valence-corrected chi connectivity index (χ1v) is 6.51. The zero-order valence-electron chi connectivity index (χ0n) is 11.2. The van der Waals surface area contributed by atoms with Crippen LogP contribution in [-0.2, 0) is 12.7 Å². The number of rotatable bonds is 4. The van der Waals surface area contributed by atoms with Gasteiger partial charge in [-0.15, -0.1) is 0 Å². The Labute approximate surface area is 125 Å². The maximum Gasteiger partial charge on any atom is 0.416 e. The van der Waals surface area contributed by atoms with E-state index in [0.717, 1.165) is 17.7 Å². The number of ether oxygens (including phenoxy) is 1. The molecule has 0 saturated heterocycles. The second-order valence-electron chi connectivity index (χ2n) is 4.39. The smallest absolute Gasteiger partial charge is 0.416 e. The number of halogens is 4. The van der Waals surface area contributed by atoms with Crippen LogP contribution in [0.5, 0.6) is 5.75 Å². The SMILES string of the molecule is COc1ccc(Cl)c(NCc2ccc(C(F)(F)F)cc2)c1. The third-order valence-electron chi connectivity index (χ3n) is 2.94. The highest BCUT2D eigenvalue weighted by molar-refractivity contribution is 6.33. The lowest BCUT2D eigenvalue weighted by molar-refractivity contribution is -0.137. The summed E-state index contributed by atoms with van der Waals surface area (Å²) in [5.41, 5.74) is 0.725. The number of benzene rings is 2. The average molecular weight is 316 g/mol. The molecular weight excluding hydrogens is 303 g/mol. The summed E-state index contributed by atoms with van der Waals surface area (Å²) in [6, 6.07) is 10.1. The maximum absolute atomic E-state index is 12.5. The number of anilines is 1. The van der Waals surface area contributed by atoms with Gasteiger partial charge in [0.05, 0.1) is 23.4 Å². The van der Waals surface area contributed by atoms with Gasteiger partial charge in [-0.05, 0) is 29.8 Å². The summed E-state index contributed by atoms with van der Waals surface area (Å²) < 4.78 is 42.5. The van der Waals surface area contributed by atoms with E-state index in [1.54, 1.807) is 25.3 Å². The third kappa shape index (κ3) is 4.04. The summed E-state index contributed by atoms with van der Waals surface area (Å²) >= 11 is 6.04. The van der Waals surface area contributed by atoms with Crippen LogP contribution in [0.4, 0.5) is 18.9 Å². The molecule has 0 aliphatic carbocycles. The Balaban J connectivity index is 2.06. The van der Waals surface area contributed by atoms with Crippen LogP contribution < -0.4 is 10.1 Å². The predicted octanol–water partition coefficient (Wildman–Crippen LogP) is 4.98. The minimum Gasteiger partial charge on any atom is -0.497 e. The summed E-state index contributed by atoms with van der Waals surface area (Å²) in [5.74, 6) is 0.648. The van der Waals surface area contributed by atoms with E-state index in [2.05, 4.69) is 5.32 Å². The first kappa shape index (κ1) is 15.5. The first-order chi connectivity index (χ1) is 9.90. The lowest BCUT2D eigenvalue weighted by atomic mass is 10.1. The highest BCUT2D eigenvalue weighted by Gasteiger charge is 2.29.